The molecule has 10 nitrogen and oxygen atoms in total. The first kappa shape index (κ1) is 25.6. The van der Waals surface area contributed by atoms with Crippen molar-refractivity contribution in [2.24, 2.45) is 5.73 Å². The van der Waals surface area contributed by atoms with Gasteiger partial charge in [0.1, 0.15) is 17.2 Å². The number of rotatable bonds is 4. The number of carbonyl (C=O) groups is 1. The number of hydrogen-bond acceptors (Lipinski definition) is 10. The molecule has 0 amide bonds. The summed E-state index contributed by atoms with van der Waals surface area (Å²) >= 11 is 0. The first-order valence-electron chi connectivity index (χ1n) is 12.4. The third-order valence-electron chi connectivity index (χ3n) is 7.93. The number of phenolic OH excluding ortho intramolecular Hbond substituents is 2. The molecule has 5 rings (SSSR count). The second-order valence-corrected chi connectivity index (χ2v) is 10.2. The van der Waals surface area contributed by atoms with Gasteiger partial charge in [0.25, 0.3) is 0 Å². The Morgan fingerprint density at radius 2 is 1.95 bits per heavy atom. The van der Waals surface area contributed by atoms with E-state index in [1.165, 1.54) is 7.11 Å². The van der Waals surface area contributed by atoms with Crippen molar-refractivity contribution >= 4 is 11.5 Å². The second-order valence-electron chi connectivity index (χ2n) is 10.2. The summed E-state index contributed by atoms with van der Waals surface area (Å²) in [5, 5.41) is 53.3. The van der Waals surface area contributed by atoms with Gasteiger partial charge in [-0.3, -0.25) is 10.2 Å². The molecule has 1 fully saturated rings. The Balaban J connectivity index is 1.66. The van der Waals surface area contributed by atoms with Gasteiger partial charge >= 0.3 is 0 Å². The summed E-state index contributed by atoms with van der Waals surface area (Å²) in [6, 6.07) is 4.19. The molecule has 198 valence electrons. The van der Waals surface area contributed by atoms with Gasteiger partial charge in [-0.25, -0.2) is 0 Å². The summed E-state index contributed by atoms with van der Waals surface area (Å²) in [6.45, 7) is 3.47. The highest BCUT2D eigenvalue weighted by Gasteiger charge is 2.46. The fourth-order valence-electron chi connectivity index (χ4n) is 5.78. The van der Waals surface area contributed by atoms with Gasteiger partial charge < -0.3 is 40.4 Å². The van der Waals surface area contributed by atoms with Crippen LogP contribution in [0.3, 0.4) is 0 Å². The number of methoxy groups -OCH3 is 1. The molecule has 2 aromatic carbocycles. The van der Waals surface area contributed by atoms with Crippen LogP contribution in [0.15, 0.2) is 18.2 Å². The van der Waals surface area contributed by atoms with Gasteiger partial charge in [0, 0.05) is 42.0 Å². The maximum atomic E-state index is 13.5. The molecule has 0 spiro atoms. The fourth-order valence-corrected chi connectivity index (χ4v) is 5.78. The lowest BCUT2D eigenvalue weighted by molar-refractivity contribution is -0.247. The van der Waals surface area contributed by atoms with Crippen LogP contribution in [0.2, 0.25) is 0 Å². The lowest BCUT2D eigenvalue weighted by Gasteiger charge is -2.42. The van der Waals surface area contributed by atoms with Crippen LogP contribution in [0.4, 0.5) is 0 Å². The summed E-state index contributed by atoms with van der Waals surface area (Å²) in [7, 11) is 1.43. The smallest absolute Gasteiger partial charge is 0.198 e. The molecule has 0 aromatic heterocycles. The van der Waals surface area contributed by atoms with Crippen molar-refractivity contribution in [1.29, 1.82) is 5.41 Å². The molecule has 1 saturated heterocycles. The molecular formula is C27H32N2O8. The minimum Gasteiger partial charge on any atom is -0.507 e. The third kappa shape index (κ3) is 3.91. The van der Waals surface area contributed by atoms with Gasteiger partial charge in [-0.05, 0) is 19.4 Å². The standard InChI is InChI=1S/C27H32N2O8/c1-4-27(34)9-13-19(16(10-27)37-17-8-14(28)23(30)11(2)36-17)26(33)20-21(25(13)32)24(31)12-6-5-7-15(35-3)18(12)22(20)29/h5-7,11,14,16-17,23,29-30,32-34H,4,8-10,28H2,1-3H3/t11-,14-,16-,17-,23+,27-/m0/s1. The first-order chi connectivity index (χ1) is 17.5. The molecule has 10 heteroatoms. The third-order valence-corrected chi connectivity index (χ3v) is 7.93. The van der Waals surface area contributed by atoms with Crippen molar-refractivity contribution in [2.45, 2.75) is 75.8 Å². The predicted octanol–water partition coefficient (Wildman–Crippen LogP) is 2.04. The van der Waals surface area contributed by atoms with E-state index in [-0.39, 0.29) is 64.1 Å². The zero-order valence-corrected chi connectivity index (χ0v) is 20.9. The second kappa shape index (κ2) is 9.07. The highest BCUT2D eigenvalue weighted by Crippen LogP contribution is 2.52. The lowest BCUT2D eigenvalue weighted by Crippen LogP contribution is -2.52. The van der Waals surface area contributed by atoms with Crippen molar-refractivity contribution in [1.82, 2.24) is 0 Å². The number of ether oxygens (including phenoxy) is 3. The molecule has 1 heterocycles. The Bertz CT molecular complexity index is 1280. The number of benzene rings is 2. The molecule has 3 aliphatic rings. The molecular weight excluding hydrogens is 480 g/mol. The van der Waals surface area contributed by atoms with E-state index >= 15 is 0 Å². The van der Waals surface area contributed by atoms with Crippen LogP contribution < -0.4 is 10.5 Å². The molecule has 2 aromatic rings. The molecule has 7 N–H and O–H groups in total. The number of ketones is 1. The normalized spacial score (nSPS) is 30.9. The predicted molar refractivity (Wildman–Crippen MR) is 132 cm³/mol. The number of carbonyl (C=O) groups excluding carboxylic acids is 1. The van der Waals surface area contributed by atoms with Gasteiger partial charge in [-0.2, -0.15) is 0 Å². The number of phenols is 2. The highest BCUT2D eigenvalue weighted by atomic mass is 16.7. The minimum atomic E-state index is -1.29. The Labute approximate surface area is 214 Å². The number of aromatic hydroxyl groups is 2. The van der Waals surface area contributed by atoms with Crippen molar-refractivity contribution in [3.63, 3.8) is 0 Å². The Morgan fingerprint density at radius 3 is 2.59 bits per heavy atom. The maximum absolute atomic E-state index is 13.5. The molecule has 2 aliphatic carbocycles. The summed E-state index contributed by atoms with van der Waals surface area (Å²) in [4.78, 5) is 13.5. The van der Waals surface area contributed by atoms with Crippen LogP contribution in [0.1, 0.15) is 77.4 Å². The number of fused-ring (bicyclic) bond motifs is 3. The highest BCUT2D eigenvalue weighted by molar-refractivity contribution is 6.32. The molecule has 0 bridgehead atoms. The largest absolute Gasteiger partial charge is 0.507 e. The lowest BCUT2D eigenvalue weighted by atomic mass is 9.72. The number of aliphatic hydroxyl groups excluding tert-OH is 1. The summed E-state index contributed by atoms with van der Waals surface area (Å²) < 4.78 is 17.4. The Kier molecular flexibility index (Phi) is 6.28. The SMILES string of the molecule is CC[C@]1(O)Cc2c(O)c3c(c(O)c2[C@@H](O[C@H]2C[C@H](N)[C@H](O)[C@H](C)O2)C1)C(=N)c1c(OC)cccc1C3=O. The van der Waals surface area contributed by atoms with Gasteiger partial charge in [0.15, 0.2) is 12.1 Å². The number of nitrogens with one attached hydrogen (secondary N) is 1. The van der Waals surface area contributed by atoms with E-state index in [0.717, 1.165) is 0 Å². The summed E-state index contributed by atoms with van der Waals surface area (Å²) in [6.07, 6.45) is -2.67. The van der Waals surface area contributed by atoms with E-state index in [4.69, 9.17) is 25.4 Å². The molecule has 0 saturated carbocycles. The molecule has 6 atom stereocenters. The first-order valence-corrected chi connectivity index (χ1v) is 12.4. The van der Waals surface area contributed by atoms with E-state index in [0.29, 0.717) is 12.2 Å². The summed E-state index contributed by atoms with van der Waals surface area (Å²) in [5.74, 6) is -1.02. The van der Waals surface area contributed by atoms with E-state index in [1.54, 1.807) is 32.0 Å². The zero-order valence-electron chi connectivity index (χ0n) is 20.9. The molecule has 1 aliphatic heterocycles. The topological polar surface area (TPSA) is 176 Å². The Morgan fingerprint density at radius 1 is 1.22 bits per heavy atom. The van der Waals surface area contributed by atoms with Crippen molar-refractivity contribution in [3.8, 4) is 17.2 Å². The van der Waals surface area contributed by atoms with Gasteiger partial charge in [0.05, 0.1) is 53.4 Å². The van der Waals surface area contributed by atoms with Crippen LogP contribution in [0.5, 0.6) is 17.2 Å². The zero-order chi connectivity index (χ0) is 26.8. The van der Waals surface area contributed by atoms with Crippen LogP contribution in [0.25, 0.3) is 0 Å². The molecule has 0 unspecified atom stereocenters. The molecule has 37 heavy (non-hydrogen) atoms. The Hall–Kier alpha value is -3.02. The van der Waals surface area contributed by atoms with Crippen molar-refractivity contribution < 1.29 is 39.4 Å². The van der Waals surface area contributed by atoms with Gasteiger partial charge in [0.2, 0.25) is 0 Å². The van der Waals surface area contributed by atoms with Crippen LogP contribution in [0, 0.1) is 5.41 Å². The maximum Gasteiger partial charge on any atom is 0.198 e. The fraction of sp³-hybridized carbons (Fsp3) is 0.481. The molecule has 0 radical (unpaired) electrons. The van der Waals surface area contributed by atoms with E-state index in [2.05, 4.69) is 0 Å². The monoisotopic (exact) mass is 512 g/mol. The van der Waals surface area contributed by atoms with E-state index < -0.39 is 47.8 Å². The van der Waals surface area contributed by atoms with Crippen LogP contribution in [-0.2, 0) is 15.9 Å². The van der Waals surface area contributed by atoms with Gasteiger partial charge in [-0.1, -0.05) is 19.1 Å². The number of aliphatic hydroxyl groups is 2. The van der Waals surface area contributed by atoms with Crippen LogP contribution in [-0.4, -0.2) is 69.2 Å². The van der Waals surface area contributed by atoms with E-state index in [9.17, 15) is 25.2 Å². The summed E-state index contributed by atoms with van der Waals surface area (Å²) in [5.41, 5.74) is 5.10. The van der Waals surface area contributed by atoms with Crippen molar-refractivity contribution in [3.05, 3.63) is 51.6 Å². The quantitative estimate of drug-likeness (QED) is 0.286. The van der Waals surface area contributed by atoms with Crippen LogP contribution >= 0.6 is 0 Å². The minimum absolute atomic E-state index is 0.0168. The van der Waals surface area contributed by atoms with Gasteiger partial charge in [-0.15, -0.1) is 0 Å². The number of hydrogen-bond donors (Lipinski definition) is 6. The van der Waals surface area contributed by atoms with Crippen molar-refractivity contribution in [2.75, 3.05) is 7.11 Å². The average Bonchev–Trinajstić information content (AvgIpc) is 2.87. The number of nitrogens with two attached hydrogens (primary N) is 1. The average molecular weight is 513 g/mol. The van der Waals surface area contributed by atoms with E-state index in [1.807, 2.05) is 0 Å².